The van der Waals surface area contributed by atoms with Gasteiger partial charge in [-0.1, -0.05) is 11.2 Å². The molecule has 0 aromatic carbocycles. The summed E-state index contributed by atoms with van der Waals surface area (Å²) in [6.07, 6.45) is 5.55. The Labute approximate surface area is 152 Å². The van der Waals surface area contributed by atoms with Crippen LogP contribution in [0, 0.1) is 6.92 Å². The van der Waals surface area contributed by atoms with Gasteiger partial charge in [-0.25, -0.2) is 9.97 Å². The maximum absolute atomic E-state index is 5.52. The SMILES string of the molecule is COc1ccc(-c2noc(C3CCN(c4ccc(C)cn4)CC3)n2)cn1. The largest absolute Gasteiger partial charge is 0.481 e. The average molecular weight is 351 g/mol. The van der Waals surface area contributed by atoms with Crippen molar-refractivity contribution in [3.05, 3.63) is 48.1 Å². The van der Waals surface area contributed by atoms with E-state index in [1.807, 2.05) is 12.3 Å². The number of ether oxygens (including phenoxy) is 1. The Morgan fingerprint density at radius 2 is 1.92 bits per heavy atom. The van der Waals surface area contributed by atoms with Crippen LogP contribution in [0.4, 0.5) is 5.82 Å². The lowest BCUT2D eigenvalue weighted by Gasteiger charge is -2.31. The standard InChI is InChI=1S/C19H21N5O2/c1-13-3-5-16(20-11-13)24-9-7-14(8-10-24)19-22-18(23-26-19)15-4-6-17(25-2)21-12-15/h3-6,11-12,14H,7-10H2,1-2H3. The Morgan fingerprint density at radius 1 is 1.08 bits per heavy atom. The number of aromatic nitrogens is 4. The third-order valence-corrected chi connectivity index (χ3v) is 4.71. The Balaban J connectivity index is 1.41. The first kappa shape index (κ1) is 16.5. The van der Waals surface area contributed by atoms with E-state index in [2.05, 4.69) is 44.1 Å². The summed E-state index contributed by atoms with van der Waals surface area (Å²) in [4.78, 5) is 15.6. The second-order valence-electron chi connectivity index (χ2n) is 6.50. The third-order valence-electron chi connectivity index (χ3n) is 4.71. The van der Waals surface area contributed by atoms with Crippen molar-refractivity contribution in [2.45, 2.75) is 25.7 Å². The minimum absolute atomic E-state index is 0.282. The maximum Gasteiger partial charge on any atom is 0.230 e. The van der Waals surface area contributed by atoms with Crippen LogP contribution in [-0.4, -0.2) is 40.3 Å². The molecule has 0 amide bonds. The predicted molar refractivity (Wildman–Crippen MR) is 97.2 cm³/mol. The molecule has 4 rings (SSSR count). The highest BCUT2D eigenvalue weighted by Gasteiger charge is 2.26. The van der Waals surface area contributed by atoms with Gasteiger partial charge in [0.2, 0.25) is 17.6 Å². The number of piperidine rings is 1. The molecule has 26 heavy (non-hydrogen) atoms. The Kier molecular flexibility index (Phi) is 4.51. The zero-order valence-electron chi connectivity index (χ0n) is 14.9. The molecule has 1 saturated heterocycles. The van der Waals surface area contributed by atoms with Gasteiger partial charge in [0.25, 0.3) is 0 Å². The van der Waals surface area contributed by atoms with Crippen molar-refractivity contribution in [1.29, 1.82) is 0 Å². The van der Waals surface area contributed by atoms with Crippen LogP contribution >= 0.6 is 0 Å². The van der Waals surface area contributed by atoms with E-state index in [4.69, 9.17) is 9.26 Å². The number of hydrogen-bond donors (Lipinski definition) is 0. The Bertz CT molecular complexity index is 852. The van der Waals surface area contributed by atoms with Crippen molar-refractivity contribution < 1.29 is 9.26 Å². The topological polar surface area (TPSA) is 77.2 Å². The fraction of sp³-hybridized carbons (Fsp3) is 0.368. The summed E-state index contributed by atoms with van der Waals surface area (Å²) in [5.74, 6) is 3.15. The Morgan fingerprint density at radius 3 is 2.58 bits per heavy atom. The highest BCUT2D eigenvalue weighted by Crippen LogP contribution is 2.30. The minimum atomic E-state index is 0.282. The molecule has 3 aromatic heterocycles. The maximum atomic E-state index is 5.52. The lowest BCUT2D eigenvalue weighted by molar-refractivity contribution is 0.329. The molecule has 0 radical (unpaired) electrons. The molecule has 1 fully saturated rings. The first-order valence-electron chi connectivity index (χ1n) is 8.74. The predicted octanol–water partition coefficient (Wildman–Crippen LogP) is 3.23. The van der Waals surface area contributed by atoms with Crippen LogP contribution in [-0.2, 0) is 0 Å². The van der Waals surface area contributed by atoms with Crippen LogP contribution in [0.25, 0.3) is 11.4 Å². The lowest BCUT2D eigenvalue weighted by Crippen LogP contribution is -2.33. The van der Waals surface area contributed by atoms with E-state index in [0.717, 1.165) is 37.3 Å². The van der Waals surface area contributed by atoms with Gasteiger partial charge in [-0.15, -0.1) is 0 Å². The summed E-state index contributed by atoms with van der Waals surface area (Å²) in [7, 11) is 1.59. The van der Waals surface area contributed by atoms with Crippen molar-refractivity contribution >= 4 is 5.82 Å². The van der Waals surface area contributed by atoms with Gasteiger partial charge in [-0.05, 0) is 37.5 Å². The van der Waals surface area contributed by atoms with Crippen LogP contribution in [0.5, 0.6) is 5.88 Å². The zero-order valence-corrected chi connectivity index (χ0v) is 14.9. The first-order chi connectivity index (χ1) is 12.7. The fourth-order valence-electron chi connectivity index (χ4n) is 3.15. The van der Waals surface area contributed by atoms with Gasteiger partial charge in [0.15, 0.2) is 0 Å². The molecule has 0 spiro atoms. The molecule has 134 valence electrons. The molecular weight excluding hydrogens is 330 g/mol. The molecule has 7 heteroatoms. The van der Waals surface area contributed by atoms with E-state index in [9.17, 15) is 0 Å². The van der Waals surface area contributed by atoms with E-state index in [0.29, 0.717) is 17.6 Å². The molecule has 0 saturated carbocycles. The first-order valence-corrected chi connectivity index (χ1v) is 8.74. The number of hydrogen-bond acceptors (Lipinski definition) is 7. The van der Waals surface area contributed by atoms with Gasteiger partial charge < -0.3 is 14.2 Å². The van der Waals surface area contributed by atoms with Crippen LogP contribution in [0.2, 0.25) is 0 Å². The van der Waals surface area contributed by atoms with Gasteiger partial charge in [0, 0.05) is 43.0 Å². The van der Waals surface area contributed by atoms with E-state index >= 15 is 0 Å². The molecule has 7 nitrogen and oxygen atoms in total. The molecule has 0 N–H and O–H groups in total. The van der Waals surface area contributed by atoms with Crippen molar-refractivity contribution in [3.8, 4) is 17.3 Å². The summed E-state index contributed by atoms with van der Waals surface area (Å²) in [6, 6.07) is 7.85. The highest BCUT2D eigenvalue weighted by atomic mass is 16.5. The minimum Gasteiger partial charge on any atom is -0.481 e. The second kappa shape index (κ2) is 7.11. The van der Waals surface area contributed by atoms with Crippen molar-refractivity contribution in [2.24, 2.45) is 0 Å². The molecule has 1 aliphatic heterocycles. The number of anilines is 1. The van der Waals surface area contributed by atoms with Gasteiger partial charge in [-0.2, -0.15) is 4.98 Å². The molecular formula is C19H21N5O2. The van der Waals surface area contributed by atoms with Crippen LogP contribution in [0.15, 0.2) is 41.2 Å². The van der Waals surface area contributed by atoms with E-state index in [1.165, 1.54) is 5.56 Å². The molecule has 0 aliphatic carbocycles. The quantitative estimate of drug-likeness (QED) is 0.714. The molecule has 4 heterocycles. The molecule has 0 atom stereocenters. The smallest absolute Gasteiger partial charge is 0.230 e. The molecule has 3 aromatic rings. The number of rotatable bonds is 4. The van der Waals surface area contributed by atoms with E-state index in [1.54, 1.807) is 19.4 Å². The van der Waals surface area contributed by atoms with Gasteiger partial charge in [0.05, 0.1) is 7.11 Å². The number of nitrogens with zero attached hydrogens (tertiary/aromatic N) is 5. The summed E-state index contributed by atoms with van der Waals surface area (Å²) >= 11 is 0. The summed E-state index contributed by atoms with van der Waals surface area (Å²) < 4.78 is 10.6. The molecule has 1 aliphatic rings. The van der Waals surface area contributed by atoms with Gasteiger partial charge >= 0.3 is 0 Å². The number of aryl methyl sites for hydroxylation is 1. The average Bonchev–Trinajstić information content (AvgIpc) is 3.19. The second-order valence-corrected chi connectivity index (χ2v) is 6.50. The van der Waals surface area contributed by atoms with Gasteiger partial charge in [0.1, 0.15) is 5.82 Å². The van der Waals surface area contributed by atoms with Crippen LogP contribution in [0.3, 0.4) is 0 Å². The van der Waals surface area contributed by atoms with E-state index in [-0.39, 0.29) is 5.92 Å². The fourth-order valence-corrected chi connectivity index (χ4v) is 3.15. The lowest BCUT2D eigenvalue weighted by atomic mass is 9.97. The zero-order chi connectivity index (χ0) is 17.9. The summed E-state index contributed by atoms with van der Waals surface area (Å²) in [6.45, 7) is 3.92. The number of methoxy groups -OCH3 is 1. The highest BCUT2D eigenvalue weighted by molar-refractivity contribution is 5.53. The van der Waals surface area contributed by atoms with Crippen LogP contribution < -0.4 is 9.64 Å². The van der Waals surface area contributed by atoms with Crippen LogP contribution in [0.1, 0.15) is 30.2 Å². The molecule has 0 unspecified atom stereocenters. The van der Waals surface area contributed by atoms with Gasteiger partial charge in [-0.3, -0.25) is 0 Å². The van der Waals surface area contributed by atoms with Crippen molar-refractivity contribution in [3.63, 3.8) is 0 Å². The summed E-state index contributed by atoms with van der Waals surface area (Å²) in [5.41, 5.74) is 2.00. The monoisotopic (exact) mass is 351 g/mol. The normalized spacial score (nSPS) is 15.2. The third kappa shape index (κ3) is 3.37. The number of pyridine rings is 2. The molecule has 0 bridgehead atoms. The Hall–Kier alpha value is -2.96. The van der Waals surface area contributed by atoms with Crippen molar-refractivity contribution in [1.82, 2.24) is 20.1 Å². The van der Waals surface area contributed by atoms with Crippen molar-refractivity contribution in [2.75, 3.05) is 25.1 Å². The summed E-state index contributed by atoms with van der Waals surface area (Å²) in [5, 5.41) is 4.11. The van der Waals surface area contributed by atoms with E-state index < -0.39 is 0 Å².